The van der Waals surface area contributed by atoms with Crippen LogP contribution in [0.5, 0.6) is 11.5 Å². The molecule has 0 fully saturated rings. The molecular formula is C12H17MoNO6-6. The molecule has 0 aliphatic heterocycles. The zero-order valence-electron chi connectivity index (χ0n) is 11.4. The molecule has 0 heterocycles. The number of rotatable bonds is 4. The van der Waals surface area contributed by atoms with Gasteiger partial charge in [0.25, 0.3) is 0 Å². The number of nitrogens with zero attached hydrogens (tertiary/aromatic N) is 1. The van der Waals surface area contributed by atoms with Crippen LogP contribution in [0.1, 0.15) is 12.5 Å². The van der Waals surface area contributed by atoms with Gasteiger partial charge in [-0.25, -0.2) is 0 Å². The first kappa shape index (κ1) is 27.4. The van der Waals surface area contributed by atoms with Crippen LogP contribution in [0.2, 0.25) is 0 Å². The zero-order chi connectivity index (χ0) is 13.3. The van der Waals surface area contributed by atoms with E-state index in [9.17, 15) is 10.2 Å². The van der Waals surface area contributed by atoms with Gasteiger partial charge in [0.2, 0.25) is 0 Å². The summed E-state index contributed by atoms with van der Waals surface area (Å²) in [7, 11) is 2.44. The molecule has 0 aliphatic rings. The maximum absolute atomic E-state index is 11.6. The van der Waals surface area contributed by atoms with Crippen molar-refractivity contribution in [1.82, 2.24) is 0 Å². The SMILES string of the molecule is CO.COc1cccc(C=NC[C@@H](C)[O-])c1[O-].[Mo].[O-2].[O-2]. The molecule has 118 valence electrons. The number of ether oxygens (including phenoxy) is 1. The van der Waals surface area contributed by atoms with Crippen molar-refractivity contribution in [2.45, 2.75) is 13.0 Å². The summed E-state index contributed by atoms with van der Waals surface area (Å²) in [5.41, 5.74) is 0.440. The third-order valence-electron chi connectivity index (χ3n) is 1.82. The minimum atomic E-state index is -0.748. The number of benzene rings is 1. The Hall–Kier alpha value is -0.982. The van der Waals surface area contributed by atoms with E-state index in [0.29, 0.717) is 5.56 Å². The molecule has 0 amide bonds. The van der Waals surface area contributed by atoms with E-state index in [1.807, 2.05) is 0 Å². The molecule has 0 unspecified atom stereocenters. The minimum Gasteiger partial charge on any atom is -2.00 e. The smallest absolute Gasteiger partial charge is 0.111 e. The van der Waals surface area contributed by atoms with Crippen LogP contribution >= 0.6 is 0 Å². The average molecular weight is 367 g/mol. The van der Waals surface area contributed by atoms with Gasteiger partial charge in [0.1, 0.15) is 5.75 Å². The summed E-state index contributed by atoms with van der Waals surface area (Å²) in [5, 5.41) is 29.3. The molecule has 0 bridgehead atoms. The molecule has 20 heavy (non-hydrogen) atoms. The maximum Gasteiger partial charge on any atom is 0.111 e. The van der Waals surface area contributed by atoms with Crippen LogP contribution in [0.15, 0.2) is 23.2 Å². The summed E-state index contributed by atoms with van der Waals surface area (Å²) >= 11 is 0. The Morgan fingerprint density at radius 2 is 1.90 bits per heavy atom. The van der Waals surface area contributed by atoms with Gasteiger partial charge in [-0.3, -0.25) is 4.99 Å². The van der Waals surface area contributed by atoms with E-state index in [2.05, 4.69) is 4.99 Å². The second kappa shape index (κ2) is 16.1. The molecule has 1 atom stereocenters. The van der Waals surface area contributed by atoms with Crippen molar-refractivity contribution < 1.29 is 52.1 Å². The fourth-order valence-corrected chi connectivity index (χ4v) is 1.09. The molecule has 0 aromatic heterocycles. The summed E-state index contributed by atoms with van der Waals surface area (Å²) in [4.78, 5) is 3.88. The Kier molecular flexibility index (Phi) is 22.0. The van der Waals surface area contributed by atoms with Crippen molar-refractivity contribution in [3.63, 3.8) is 0 Å². The summed E-state index contributed by atoms with van der Waals surface area (Å²) < 4.78 is 4.88. The fourth-order valence-electron chi connectivity index (χ4n) is 1.09. The molecule has 1 aromatic carbocycles. The second-order valence-electron chi connectivity index (χ2n) is 3.18. The Morgan fingerprint density at radius 1 is 1.35 bits per heavy atom. The largest absolute Gasteiger partial charge is 2.00 e. The summed E-state index contributed by atoms with van der Waals surface area (Å²) in [6.07, 6.45) is 0.668. The molecule has 0 aliphatic carbocycles. The Morgan fingerprint density at radius 3 is 2.35 bits per heavy atom. The number of aliphatic imine (C=N–C) groups is 1. The van der Waals surface area contributed by atoms with Crippen LogP contribution in [0.4, 0.5) is 0 Å². The molecule has 1 aromatic rings. The van der Waals surface area contributed by atoms with Crippen molar-refractivity contribution in [3.8, 4) is 11.5 Å². The van der Waals surface area contributed by atoms with Gasteiger partial charge in [0, 0.05) is 40.9 Å². The Labute approximate surface area is 132 Å². The van der Waals surface area contributed by atoms with Crippen molar-refractivity contribution in [1.29, 1.82) is 0 Å². The van der Waals surface area contributed by atoms with E-state index in [4.69, 9.17) is 9.84 Å². The molecule has 0 saturated heterocycles. The van der Waals surface area contributed by atoms with Gasteiger partial charge < -0.3 is 31.0 Å². The van der Waals surface area contributed by atoms with Crippen LogP contribution in [0.3, 0.4) is 0 Å². The average Bonchev–Trinajstić information content (AvgIpc) is 2.33. The number of aliphatic hydroxyl groups excluding tert-OH is 1. The van der Waals surface area contributed by atoms with Gasteiger partial charge in [-0.05, 0) is 11.6 Å². The predicted molar refractivity (Wildman–Crippen MR) is 63.9 cm³/mol. The van der Waals surface area contributed by atoms with Crippen LogP contribution in [-0.2, 0) is 32.0 Å². The summed E-state index contributed by atoms with van der Waals surface area (Å²) in [6.45, 7) is 1.71. The number of hydrogen-bond acceptors (Lipinski definition) is 5. The van der Waals surface area contributed by atoms with Crippen LogP contribution in [0, 0.1) is 0 Å². The van der Waals surface area contributed by atoms with E-state index in [1.54, 1.807) is 18.2 Å². The second-order valence-corrected chi connectivity index (χ2v) is 3.18. The van der Waals surface area contributed by atoms with E-state index in [0.717, 1.165) is 7.11 Å². The minimum absolute atomic E-state index is 0. The third kappa shape index (κ3) is 9.88. The summed E-state index contributed by atoms with van der Waals surface area (Å²) in [6, 6.07) is 4.95. The molecule has 0 radical (unpaired) electrons. The van der Waals surface area contributed by atoms with Crippen LogP contribution < -0.4 is 14.9 Å². The monoisotopic (exact) mass is 369 g/mol. The van der Waals surface area contributed by atoms with Gasteiger partial charge in [-0.2, -0.15) is 0 Å². The van der Waals surface area contributed by atoms with E-state index >= 15 is 0 Å². The number of aliphatic hydroxyl groups is 1. The topological polar surface area (TPSA) is 145 Å². The Balaban J connectivity index is -0.000000244. The molecule has 0 saturated carbocycles. The van der Waals surface area contributed by atoms with E-state index in [1.165, 1.54) is 20.2 Å². The van der Waals surface area contributed by atoms with Crippen LogP contribution in [0.25, 0.3) is 0 Å². The van der Waals surface area contributed by atoms with E-state index < -0.39 is 6.10 Å². The fraction of sp³-hybridized carbons (Fsp3) is 0.417. The molecular weight excluding hydrogens is 350 g/mol. The van der Waals surface area contributed by atoms with Crippen LogP contribution in [-0.4, -0.2) is 38.2 Å². The number of methoxy groups -OCH3 is 1. The standard InChI is InChI=1S/C11H14NO3.CH4O.Mo.2O/c1-8(13)6-12-7-9-4-3-5-10(15-2)11(9)14;1-2;;;/h3-5,7-8,14H,6H2,1-2H3;2H,1H3;;;/q-1;;;2*-2/p-1/t8-;;;;/m1..../s1. The van der Waals surface area contributed by atoms with Crippen molar-refractivity contribution >= 4 is 6.21 Å². The van der Waals surface area contributed by atoms with Gasteiger partial charge >= 0.3 is 0 Å². The first-order valence-corrected chi connectivity index (χ1v) is 5.09. The first-order valence-electron chi connectivity index (χ1n) is 5.09. The first-order chi connectivity index (χ1) is 8.15. The van der Waals surface area contributed by atoms with Gasteiger partial charge in [0.15, 0.2) is 0 Å². The molecule has 1 N–H and O–H groups in total. The normalized spacial score (nSPS) is 10.1. The van der Waals surface area contributed by atoms with Gasteiger partial charge in [-0.1, -0.05) is 24.8 Å². The third-order valence-corrected chi connectivity index (χ3v) is 1.82. The number of hydrogen-bond donors (Lipinski definition) is 1. The van der Waals surface area contributed by atoms with Crippen molar-refractivity contribution in [2.24, 2.45) is 4.99 Å². The molecule has 0 spiro atoms. The van der Waals surface area contributed by atoms with E-state index in [-0.39, 0.29) is 50.1 Å². The maximum atomic E-state index is 11.6. The summed E-state index contributed by atoms with van der Waals surface area (Å²) in [5.74, 6) is 0.0800. The van der Waals surface area contributed by atoms with Crippen molar-refractivity contribution in [2.75, 3.05) is 20.8 Å². The zero-order valence-corrected chi connectivity index (χ0v) is 13.4. The Bertz CT molecular complexity index is 360. The number of para-hydroxylation sites is 1. The van der Waals surface area contributed by atoms with Crippen molar-refractivity contribution in [3.05, 3.63) is 23.8 Å². The molecule has 8 heteroatoms. The predicted octanol–water partition coefficient (Wildman–Crippen LogP) is -0.695. The quantitative estimate of drug-likeness (QED) is 0.554. The molecule has 7 nitrogen and oxygen atoms in total. The molecule has 1 rings (SSSR count). The van der Waals surface area contributed by atoms with Gasteiger partial charge in [0.05, 0.1) is 7.11 Å². The van der Waals surface area contributed by atoms with Gasteiger partial charge in [-0.15, -0.1) is 6.10 Å².